The van der Waals surface area contributed by atoms with Crippen molar-refractivity contribution in [3.05, 3.63) is 42.5 Å². The minimum absolute atomic E-state index is 0.0330. The Kier molecular flexibility index (Phi) is 4.19. The van der Waals surface area contributed by atoms with Crippen molar-refractivity contribution >= 4 is 22.6 Å². The van der Waals surface area contributed by atoms with Gasteiger partial charge in [-0.15, -0.1) is 0 Å². The van der Waals surface area contributed by atoms with Gasteiger partial charge in [0, 0.05) is 0 Å². The maximum Gasteiger partial charge on any atom is 0.305 e. The summed E-state index contributed by atoms with van der Waals surface area (Å²) in [4.78, 5) is 23.0. The van der Waals surface area contributed by atoms with Crippen LogP contribution in [0.15, 0.2) is 42.5 Å². The van der Waals surface area contributed by atoms with Gasteiger partial charge in [0.1, 0.15) is 5.75 Å². The van der Waals surface area contributed by atoms with Crippen molar-refractivity contribution in [2.24, 2.45) is 0 Å². The summed E-state index contributed by atoms with van der Waals surface area (Å²) in [7, 11) is 0. The van der Waals surface area contributed by atoms with Gasteiger partial charge in [0.2, 0.25) is 0 Å². The Balaban J connectivity index is 1.58. The van der Waals surface area contributed by atoms with E-state index in [1.165, 1.54) is 0 Å². The zero-order valence-corrected chi connectivity index (χ0v) is 12.7. The summed E-state index contributed by atoms with van der Waals surface area (Å²) < 4.78 is 5.54. The van der Waals surface area contributed by atoms with Crippen LogP contribution in [0.25, 0.3) is 10.8 Å². The fourth-order valence-electron chi connectivity index (χ4n) is 2.98. The molecule has 1 saturated carbocycles. The number of ether oxygens (including phenoxy) is 1. The monoisotopic (exact) mass is 313 g/mol. The lowest BCUT2D eigenvalue weighted by atomic mass is 9.74. The molecule has 0 aliphatic heterocycles. The summed E-state index contributed by atoms with van der Waals surface area (Å²) in [5, 5.41) is 13.9. The molecule has 2 aromatic rings. The number of carbonyl (C=O) groups is 2. The molecule has 0 bridgehead atoms. The van der Waals surface area contributed by atoms with Crippen molar-refractivity contribution in [2.75, 3.05) is 6.61 Å². The van der Waals surface area contributed by atoms with E-state index in [0.29, 0.717) is 18.6 Å². The van der Waals surface area contributed by atoms with Crippen molar-refractivity contribution in [3.8, 4) is 5.75 Å². The van der Waals surface area contributed by atoms with Crippen molar-refractivity contribution in [3.63, 3.8) is 0 Å². The third-order valence-electron chi connectivity index (χ3n) is 4.30. The Bertz CT molecular complexity index is 737. The Hall–Kier alpha value is -2.56. The Morgan fingerprint density at radius 1 is 1.13 bits per heavy atom. The molecule has 0 radical (unpaired) electrons. The first-order valence-corrected chi connectivity index (χ1v) is 7.71. The molecule has 1 fully saturated rings. The zero-order chi connectivity index (χ0) is 16.3. The highest BCUT2D eigenvalue weighted by Crippen LogP contribution is 2.34. The number of aliphatic carboxylic acids is 1. The molecular weight excluding hydrogens is 294 g/mol. The van der Waals surface area contributed by atoms with Crippen LogP contribution in [-0.4, -0.2) is 29.1 Å². The van der Waals surface area contributed by atoms with E-state index >= 15 is 0 Å². The van der Waals surface area contributed by atoms with Gasteiger partial charge in [-0.2, -0.15) is 0 Å². The van der Waals surface area contributed by atoms with Crippen LogP contribution in [0.5, 0.6) is 5.75 Å². The van der Waals surface area contributed by atoms with Gasteiger partial charge in [-0.05, 0) is 42.2 Å². The highest BCUT2D eigenvalue weighted by atomic mass is 16.5. The lowest BCUT2D eigenvalue weighted by Gasteiger charge is -2.41. The van der Waals surface area contributed by atoms with Gasteiger partial charge in [0.25, 0.3) is 5.91 Å². The van der Waals surface area contributed by atoms with Crippen LogP contribution in [0.4, 0.5) is 0 Å². The molecule has 23 heavy (non-hydrogen) atoms. The summed E-state index contributed by atoms with van der Waals surface area (Å²) in [6.45, 7) is -0.111. The maximum atomic E-state index is 12.0. The predicted octanol–water partition coefficient (Wildman–Crippen LogP) is 2.73. The van der Waals surface area contributed by atoms with Gasteiger partial charge in [0.15, 0.2) is 6.61 Å². The summed E-state index contributed by atoms with van der Waals surface area (Å²) in [5.74, 6) is -0.542. The van der Waals surface area contributed by atoms with E-state index in [1.807, 2.05) is 42.5 Å². The Morgan fingerprint density at radius 2 is 1.87 bits per heavy atom. The average molecular weight is 313 g/mol. The second-order valence-electron chi connectivity index (χ2n) is 6.05. The van der Waals surface area contributed by atoms with Gasteiger partial charge in [-0.1, -0.05) is 30.3 Å². The third kappa shape index (κ3) is 3.62. The lowest BCUT2D eigenvalue weighted by Crippen LogP contribution is -2.55. The summed E-state index contributed by atoms with van der Waals surface area (Å²) in [6.07, 6.45) is 2.33. The lowest BCUT2D eigenvalue weighted by molar-refractivity contribution is -0.140. The minimum atomic E-state index is -0.888. The molecule has 2 N–H and O–H groups in total. The second-order valence-corrected chi connectivity index (χ2v) is 6.05. The molecule has 0 unspecified atom stereocenters. The van der Waals surface area contributed by atoms with E-state index in [9.17, 15) is 9.59 Å². The number of nitrogens with one attached hydrogen (secondary N) is 1. The molecular formula is C18H19NO4. The molecule has 2 aromatic carbocycles. The van der Waals surface area contributed by atoms with E-state index in [-0.39, 0.29) is 18.9 Å². The first-order valence-electron chi connectivity index (χ1n) is 7.71. The Labute approximate surface area is 134 Å². The molecule has 120 valence electrons. The number of benzene rings is 2. The normalized spacial score (nSPS) is 15.7. The number of hydrogen-bond donors (Lipinski definition) is 2. The zero-order valence-electron chi connectivity index (χ0n) is 12.7. The highest BCUT2D eigenvalue weighted by molar-refractivity contribution is 5.84. The van der Waals surface area contributed by atoms with E-state index in [1.54, 1.807) is 0 Å². The first kappa shape index (κ1) is 15.3. The number of hydrogen-bond acceptors (Lipinski definition) is 3. The molecule has 0 spiro atoms. The third-order valence-corrected chi connectivity index (χ3v) is 4.30. The van der Waals surface area contributed by atoms with Gasteiger partial charge in [-0.25, -0.2) is 0 Å². The molecule has 0 atom stereocenters. The van der Waals surface area contributed by atoms with Crippen molar-refractivity contribution < 1.29 is 19.4 Å². The summed E-state index contributed by atoms with van der Waals surface area (Å²) >= 11 is 0. The standard InChI is InChI=1S/C18H19NO4/c20-16(19-18(8-3-9-18)11-17(21)22)12-23-15-7-6-13-4-1-2-5-14(13)10-15/h1-2,4-7,10H,3,8-9,11-12H2,(H,19,20)(H,21,22). The van der Waals surface area contributed by atoms with Gasteiger partial charge in [0.05, 0.1) is 12.0 Å². The topological polar surface area (TPSA) is 75.6 Å². The Morgan fingerprint density at radius 3 is 2.52 bits per heavy atom. The first-order chi connectivity index (χ1) is 11.1. The van der Waals surface area contributed by atoms with Crippen molar-refractivity contribution in [1.82, 2.24) is 5.32 Å². The molecule has 5 heteroatoms. The molecule has 1 aliphatic rings. The van der Waals surface area contributed by atoms with Crippen LogP contribution < -0.4 is 10.1 Å². The summed E-state index contributed by atoms with van der Waals surface area (Å²) in [6, 6.07) is 13.6. The number of rotatable bonds is 6. The van der Waals surface area contributed by atoms with Crippen molar-refractivity contribution in [1.29, 1.82) is 0 Å². The highest BCUT2D eigenvalue weighted by Gasteiger charge is 2.40. The SMILES string of the molecule is O=C(O)CC1(NC(=O)COc2ccc3ccccc3c2)CCC1. The van der Waals surface area contributed by atoms with Crippen LogP contribution >= 0.6 is 0 Å². The number of amides is 1. The summed E-state index contributed by atoms with van der Waals surface area (Å²) in [5.41, 5.74) is -0.588. The molecule has 0 heterocycles. The molecule has 1 amide bonds. The number of carbonyl (C=O) groups excluding carboxylic acids is 1. The molecule has 1 aliphatic carbocycles. The van der Waals surface area contributed by atoms with Gasteiger partial charge >= 0.3 is 5.97 Å². The van der Waals surface area contributed by atoms with Crippen LogP contribution in [0, 0.1) is 0 Å². The fraction of sp³-hybridized carbons (Fsp3) is 0.333. The van der Waals surface area contributed by atoms with Crippen LogP contribution in [-0.2, 0) is 9.59 Å². The van der Waals surface area contributed by atoms with Gasteiger partial charge < -0.3 is 15.2 Å². The minimum Gasteiger partial charge on any atom is -0.484 e. The van der Waals surface area contributed by atoms with Crippen LogP contribution in [0.1, 0.15) is 25.7 Å². The van der Waals surface area contributed by atoms with E-state index in [0.717, 1.165) is 17.2 Å². The van der Waals surface area contributed by atoms with Crippen LogP contribution in [0.2, 0.25) is 0 Å². The maximum absolute atomic E-state index is 12.0. The van der Waals surface area contributed by atoms with E-state index in [2.05, 4.69) is 5.32 Å². The predicted molar refractivity (Wildman–Crippen MR) is 86.4 cm³/mol. The molecule has 5 nitrogen and oxygen atoms in total. The van der Waals surface area contributed by atoms with Crippen LogP contribution in [0.3, 0.4) is 0 Å². The average Bonchev–Trinajstić information content (AvgIpc) is 2.50. The largest absolute Gasteiger partial charge is 0.484 e. The smallest absolute Gasteiger partial charge is 0.305 e. The molecule has 0 saturated heterocycles. The van der Waals surface area contributed by atoms with Crippen molar-refractivity contribution in [2.45, 2.75) is 31.2 Å². The fourth-order valence-corrected chi connectivity index (χ4v) is 2.98. The number of fused-ring (bicyclic) bond motifs is 1. The number of carboxylic acid groups (broad SMARTS) is 1. The second kappa shape index (κ2) is 6.28. The van der Waals surface area contributed by atoms with E-state index < -0.39 is 11.5 Å². The molecule has 0 aromatic heterocycles. The quantitative estimate of drug-likeness (QED) is 0.860. The number of carboxylic acids is 1. The molecule has 3 rings (SSSR count). The van der Waals surface area contributed by atoms with Gasteiger partial charge in [-0.3, -0.25) is 9.59 Å². The van der Waals surface area contributed by atoms with E-state index in [4.69, 9.17) is 9.84 Å².